The lowest BCUT2D eigenvalue weighted by atomic mass is 9.98. The van der Waals surface area contributed by atoms with Crippen LogP contribution < -0.4 is 5.43 Å². The van der Waals surface area contributed by atoms with E-state index in [4.69, 9.17) is 16.6 Å². The Morgan fingerprint density at radius 1 is 1.24 bits per heavy atom. The largest absolute Gasteiger partial charge is 0.340 e. The van der Waals surface area contributed by atoms with Crippen LogP contribution >= 0.6 is 11.6 Å². The van der Waals surface area contributed by atoms with Crippen molar-refractivity contribution in [2.45, 2.75) is 45.6 Å². The van der Waals surface area contributed by atoms with Gasteiger partial charge in [-0.2, -0.15) is 5.10 Å². The summed E-state index contributed by atoms with van der Waals surface area (Å²) in [5.41, 5.74) is 8.34. The Bertz CT molecular complexity index is 956. The highest BCUT2D eigenvalue weighted by Gasteiger charge is 2.35. The molecule has 2 aromatic rings. The highest BCUT2D eigenvalue weighted by atomic mass is 35.5. The van der Waals surface area contributed by atoms with Gasteiger partial charge in [0.1, 0.15) is 6.04 Å². The number of aromatic nitrogens is 1. The Morgan fingerprint density at radius 3 is 2.79 bits per heavy atom. The molecule has 1 aromatic carbocycles. The number of carbonyl (C=O) groups is 1. The second kappa shape index (κ2) is 8.15. The number of hydrazone groups is 1. The van der Waals surface area contributed by atoms with Crippen molar-refractivity contribution in [3.05, 3.63) is 52.8 Å². The summed E-state index contributed by atoms with van der Waals surface area (Å²) >= 11 is 6.17. The minimum atomic E-state index is -0.223. The van der Waals surface area contributed by atoms with Crippen LogP contribution in [-0.4, -0.2) is 40.6 Å². The molecule has 6 heteroatoms. The van der Waals surface area contributed by atoms with Crippen LogP contribution in [0.2, 0.25) is 5.02 Å². The van der Waals surface area contributed by atoms with Crippen molar-refractivity contribution in [1.82, 2.24) is 15.3 Å². The van der Waals surface area contributed by atoms with Gasteiger partial charge in [-0.1, -0.05) is 37.6 Å². The number of rotatable bonds is 4. The predicted molar refractivity (Wildman–Crippen MR) is 117 cm³/mol. The van der Waals surface area contributed by atoms with E-state index in [-0.39, 0.29) is 17.9 Å². The van der Waals surface area contributed by atoms with Crippen LogP contribution in [0.15, 0.2) is 41.5 Å². The average molecular weight is 411 g/mol. The van der Waals surface area contributed by atoms with Gasteiger partial charge in [0.2, 0.25) is 5.91 Å². The van der Waals surface area contributed by atoms with Crippen molar-refractivity contribution < 1.29 is 4.79 Å². The van der Waals surface area contributed by atoms with Crippen LogP contribution in [-0.2, 0) is 4.79 Å². The molecule has 2 atom stereocenters. The fraction of sp³-hybridized carbons (Fsp3) is 0.435. The van der Waals surface area contributed by atoms with Crippen molar-refractivity contribution >= 4 is 23.2 Å². The van der Waals surface area contributed by atoms with Crippen molar-refractivity contribution in [3.8, 4) is 11.1 Å². The molecular formula is C23H27ClN4O. The number of nitrogens with one attached hydrogen (secondary N) is 1. The van der Waals surface area contributed by atoms with Gasteiger partial charge in [0, 0.05) is 47.6 Å². The molecule has 29 heavy (non-hydrogen) atoms. The molecule has 0 radical (unpaired) electrons. The van der Waals surface area contributed by atoms with Crippen LogP contribution in [0.4, 0.5) is 0 Å². The molecule has 0 saturated carbocycles. The van der Waals surface area contributed by atoms with E-state index in [2.05, 4.69) is 42.6 Å². The lowest BCUT2D eigenvalue weighted by Gasteiger charge is -2.20. The fourth-order valence-corrected chi connectivity index (χ4v) is 4.32. The summed E-state index contributed by atoms with van der Waals surface area (Å²) in [6.07, 6.45) is 1.64. The molecule has 2 aliphatic heterocycles. The van der Waals surface area contributed by atoms with Crippen LogP contribution in [0.1, 0.15) is 44.0 Å². The molecule has 0 bridgehead atoms. The predicted octanol–water partition coefficient (Wildman–Crippen LogP) is 4.40. The summed E-state index contributed by atoms with van der Waals surface area (Å²) in [6, 6.07) is 11.9. The molecule has 1 N–H and O–H groups in total. The zero-order chi connectivity index (χ0) is 20.5. The van der Waals surface area contributed by atoms with Gasteiger partial charge in [-0.25, -0.2) is 0 Å². The molecule has 0 aliphatic carbocycles. The van der Waals surface area contributed by atoms with Gasteiger partial charge >= 0.3 is 0 Å². The summed E-state index contributed by atoms with van der Waals surface area (Å²) in [6.45, 7) is 7.71. The molecule has 1 amide bonds. The molecule has 1 saturated heterocycles. The summed E-state index contributed by atoms with van der Waals surface area (Å²) < 4.78 is 0. The first-order valence-electron chi connectivity index (χ1n) is 10.3. The molecule has 4 rings (SSSR count). The molecule has 2 unspecified atom stereocenters. The maximum atomic E-state index is 12.9. The Balaban J connectivity index is 1.47. The minimum Gasteiger partial charge on any atom is -0.340 e. The Labute approximate surface area is 177 Å². The molecular weight excluding hydrogens is 384 g/mol. The molecule has 3 heterocycles. The van der Waals surface area contributed by atoms with Gasteiger partial charge in [0.25, 0.3) is 0 Å². The first kappa shape index (κ1) is 19.9. The van der Waals surface area contributed by atoms with Crippen LogP contribution in [0.5, 0.6) is 0 Å². The van der Waals surface area contributed by atoms with E-state index < -0.39 is 0 Å². The lowest BCUT2D eigenvalue weighted by Crippen LogP contribution is -2.42. The number of hydrogen-bond acceptors (Lipinski definition) is 4. The number of likely N-dealkylation sites (tertiary alicyclic amines) is 1. The number of carbonyl (C=O) groups excluding carboxylic acids is 1. The average Bonchev–Trinajstić information content (AvgIpc) is 3.37. The summed E-state index contributed by atoms with van der Waals surface area (Å²) in [5.74, 6) is 0.770. The number of benzene rings is 1. The molecule has 1 fully saturated rings. The number of aryl methyl sites for hydroxylation is 1. The smallest absolute Gasteiger partial charge is 0.247 e. The molecule has 152 valence electrons. The van der Waals surface area contributed by atoms with Gasteiger partial charge < -0.3 is 4.90 Å². The zero-order valence-corrected chi connectivity index (χ0v) is 17.9. The fourth-order valence-electron chi connectivity index (χ4n) is 4.13. The van der Waals surface area contributed by atoms with Gasteiger partial charge in [0.05, 0.1) is 0 Å². The van der Waals surface area contributed by atoms with Crippen molar-refractivity contribution in [2.75, 3.05) is 13.1 Å². The summed E-state index contributed by atoms with van der Waals surface area (Å²) in [5, 5.41) is 5.07. The van der Waals surface area contributed by atoms with Crippen LogP contribution in [0, 0.1) is 12.8 Å². The highest BCUT2D eigenvalue weighted by Crippen LogP contribution is 2.31. The normalized spacial score (nSPS) is 21.4. The number of amides is 1. The molecule has 2 aliphatic rings. The molecule has 0 spiro atoms. The third kappa shape index (κ3) is 4.30. The van der Waals surface area contributed by atoms with Crippen LogP contribution in [0.3, 0.4) is 0 Å². The van der Waals surface area contributed by atoms with Gasteiger partial charge in [-0.3, -0.25) is 15.2 Å². The Kier molecular flexibility index (Phi) is 5.59. The Hall–Kier alpha value is -2.40. The zero-order valence-electron chi connectivity index (χ0n) is 17.2. The lowest BCUT2D eigenvalue weighted by molar-refractivity contribution is -0.132. The molecule has 1 aromatic heterocycles. The minimum absolute atomic E-state index is 0.148. The Morgan fingerprint density at radius 2 is 2.07 bits per heavy atom. The summed E-state index contributed by atoms with van der Waals surface area (Å²) in [7, 11) is 0. The maximum absolute atomic E-state index is 12.9. The number of nitrogens with zero attached hydrogens (tertiary/aromatic N) is 3. The topological polar surface area (TPSA) is 57.6 Å². The van der Waals surface area contributed by atoms with Crippen molar-refractivity contribution in [1.29, 1.82) is 0 Å². The maximum Gasteiger partial charge on any atom is 0.247 e. The second-order valence-electron chi connectivity index (χ2n) is 8.35. The van der Waals surface area contributed by atoms with Gasteiger partial charge in [-0.15, -0.1) is 0 Å². The van der Waals surface area contributed by atoms with E-state index in [9.17, 15) is 4.79 Å². The quantitative estimate of drug-likeness (QED) is 0.812. The van der Waals surface area contributed by atoms with E-state index >= 15 is 0 Å². The van der Waals surface area contributed by atoms with Crippen molar-refractivity contribution in [3.63, 3.8) is 0 Å². The van der Waals surface area contributed by atoms with E-state index in [1.807, 2.05) is 30.0 Å². The monoisotopic (exact) mass is 410 g/mol. The van der Waals surface area contributed by atoms with Gasteiger partial charge in [0.15, 0.2) is 0 Å². The third-order valence-electron chi connectivity index (χ3n) is 5.79. The summed E-state index contributed by atoms with van der Waals surface area (Å²) in [4.78, 5) is 19.7. The first-order chi connectivity index (χ1) is 13.9. The molecule has 5 nitrogen and oxygen atoms in total. The van der Waals surface area contributed by atoms with E-state index in [1.54, 1.807) is 0 Å². The van der Waals surface area contributed by atoms with E-state index in [0.29, 0.717) is 18.9 Å². The van der Waals surface area contributed by atoms with Crippen molar-refractivity contribution in [2.24, 2.45) is 11.0 Å². The second-order valence-corrected chi connectivity index (χ2v) is 8.78. The SMILES string of the molecule is Cc1cc(-c2cccc(Cl)c2)cc(C2CCN(C(=O)C3CC(C(C)C)=NN3)C2)n1. The van der Waals surface area contributed by atoms with Crippen LogP contribution in [0.25, 0.3) is 11.1 Å². The number of hydrogen-bond donors (Lipinski definition) is 1. The highest BCUT2D eigenvalue weighted by molar-refractivity contribution is 6.30. The first-order valence-corrected chi connectivity index (χ1v) is 10.6. The standard InChI is InChI=1S/C23H27ClN4O/c1-14(2)20-12-22(27-26-20)23(29)28-8-7-17(13-28)21-11-18(9-15(3)25-21)16-5-4-6-19(24)10-16/h4-6,9-11,14,17,22,27H,7-8,12-13H2,1-3H3. The number of pyridine rings is 1. The third-order valence-corrected chi connectivity index (χ3v) is 6.03. The van der Waals surface area contributed by atoms with E-state index in [0.717, 1.165) is 46.2 Å². The van der Waals surface area contributed by atoms with E-state index in [1.165, 1.54) is 0 Å². The van der Waals surface area contributed by atoms with Gasteiger partial charge in [-0.05, 0) is 54.7 Å². The number of halogens is 1.